The van der Waals surface area contributed by atoms with E-state index >= 15 is 0 Å². The van der Waals surface area contributed by atoms with Crippen LogP contribution in [0.15, 0.2) is 28.7 Å². The second-order valence-corrected chi connectivity index (χ2v) is 7.59. The molecular formula is C22H28N4O3. The number of hydrogen-bond donors (Lipinski definition) is 1. The maximum absolute atomic E-state index is 6.16. The zero-order valence-electron chi connectivity index (χ0n) is 17.3. The molecule has 1 aliphatic rings. The molecule has 0 aliphatic carbocycles. The number of benzene rings is 1. The summed E-state index contributed by atoms with van der Waals surface area (Å²) in [4.78, 5) is 11.4. The number of rotatable bonds is 6. The van der Waals surface area contributed by atoms with Crippen molar-refractivity contribution >= 4 is 16.9 Å². The number of aryl methyl sites for hydroxylation is 2. The lowest BCUT2D eigenvalue weighted by molar-refractivity contribution is -0.00497. The van der Waals surface area contributed by atoms with Gasteiger partial charge >= 0.3 is 0 Å². The number of anilines is 1. The number of nitrogen functional groups attached to an aromatic ring is 1. The quantitative estimate of drug-likeness (QED) is 0.681. The molecule has 2 aromatic heterocycles. The molecule has 3 heterocycles. The van der Waals surface area contributed by atoms with Gasteiger partial charge in [0.05, 0.1) is 31.8 Å². The Bertz CT molecular complexity index is 993. The van der Waals surface area contributed by atoms with Crippen LogP contribution in [0, 0.1) is 13.8 Å². The number of fused-ring (bicyclic) bond motifs is 1. The fourth-order valence-electron chi connectivity index (χ4n) is 3.86. The molecule has 0 bridgehead atoms. The zero-order valence-corrected chi connectivity index (χ0v) is 17.3. The van der Waals surface area contributed by atoms with E-state index in [1.165, 1.54) is 0 Å². The molecule has 4 rings (SSSR count). The van der Waals surface area contributed by atoms with Crippen molar-refractivity contribution in [1.82, 2.24) is 14.9 Å². The Hall–Kier alpha value is -2.64. The summed E-state index contributed by atoms with van der Waals surface area (Å²) in [6.07, 6.45) is 2.21. The number of nitrogens with zero attached hydrogens (tertiary/aromatic N) is 3. The van der Waals surface area contributed by atoms with Crippen molar-refractivity contribution < 1.29 is 13.9 Å². The van der Waals surface area contributed by atoms with Crippen LogP contribution < -0.4 is 10.5 Å². The van der Waals surface area contributed by atoms with E-state index < -0.39 is 0 Å². The van der Waals surface area contributed by atoms with E-state index in [4.69, 9.17) is 19.6 Å². The maximum Gasteiger partial charge on any atom is 0.231 e. The lowest BCUT2D eigenvalue weighted by Gasteiger charge is -2.31. The summed E-state index contributed by atoms with van der Waals surface area (Å²) < 4.78 is 17.3. The number of para-hydroxylation sites is 1. The van der Waals surface area contributed by atoms with Gasteiger partial charge in [0.15, 0.2) is 0 Å². The first kappa shape index (κ1) is 19.7. The van der Waals surface area contributed by atoms with Crippen LogP contribution in [0.25, 0.3) is 11.1 Å². The highest BCUT2D eigenvalue weighted by molar-refractivity contribution is 5.88. The molecule has 1 aliphatic heterocycles. The van der Waals surface area contributed by atoms with E-state index in [1.807, 2.05) is 38.1 Å². The molecule has 0 saturated carbocycles. The molecule has 29 heavy (non-hydrogen) atoms. The summed E-state index contributed by atoms with van der Waals surface area (Å²) in [6, 6.07) is 7.99. The highest BCUT2D eigenvalue weighted by Crippen LogP contribution is 2.28. The van der Waals surface area contributed by atoms with Gasteiger partial charge in [-0.05, 0) is 32.8 Å². The Morgan fingerprint density at radius 2 is 1.93 bits per heavy atom. The van der Waals surface area contributed by atoms with Crippen LogP contribution in [0.4, 0.5) is 5.82 Å². The summed E-state index contributed by atoms with van der Waals surface area (Å²) >= 11 is 0. The van der Waals surface area contributed by atoms with Gasteiger partial charge in [-0.1, -0.05) is 18.2 Å². The predicted molar refractivity (Wildman–Crippen MR) is 112 cm³/mol. The lowest BCUT2D eigenvalue weighted by Crippen LogP contribution is -2.37. The Balaban J connectivity index is 1.32. The largest absolute Gasteiger partial charge is 0.496 e. The molecule has 2 N–H and O–H groups in total. The number of nitrogens with two attached hydrogens (primary N) is 1. The fourth-order valence-corrected chi connectivity index (χ4v) is 3.86. The van der Waals surface area contributed by atoms with Crippen molar-refractivity contribution in [3.8, 4) is 5.75 Å². The number of likely N-dealkylation sites (tertiary alicyclic amines) is 1. The van der Waals surface area contributed by atoms with E-state index in [1.54, 1.807) is 7.11 Å². The highest BCUT2D eigenvalue weighted by Gasteiger charge is 2.22. The highest BCUT2D eigenvalue weighted by atomic mass is 16.5. The first-order valence-electron chi connectivity index (χ1n) is 10.0. The van der Waals surface area contributed by atoms with E-state index in [0.717, 1.165) is 54.0 Å². The molecule has 0 unspecified atom stereocenters. The average Bonchev–Trinajstić information content (AvgIpc) is 3.01. The summed E-state index contributed by atoms with van der Waals surface area (Å²) in [6.45, 7) is 7.02. The normalized spacial score (nSPS) is 15.8. The Labute approximate surface area is 170 Å². The predicted octanol–water partition coefficient (Wildman–Crippen LogP) is 3.61. The number of furan rings is 1. The molecule has 7 heteroatoms. The second-order valence-electron chi connectivity index (χ2n) is 7.59. The van der Waals surface area contributed by atoms with Crippen molar-refractivity contribution in [2.24, 2.45) is 0 Å². The molecule has 1 saturated heterocycles. The van der Waals surface area contributed by atoms with Gasteiger partial charge in [-0.25, -0.2) is 4.98 Å². The Kier molecular flexibility index (Phi) is 5.69. The first-order valence-corrected chi connectivity index (χ1v) is 10.0. The van der Waals surface area contributed by atoms with Crippen LogP contribution >= 0.6 is 0 Å². The molecule has 1 fully saturated rings. The Morgan fingerprint density at radius 3 is 2.69 bits per heavy atom. The van der Waals surface area contributed by atoms with Crippen LogP contribution in [0.3, 0.4) is 0 Å². The van der Waals surface area contributed by atoms with Crippen LogP contribution in [-0.4, -0.2) is 41.2 Å². The molecule has 0 atom stereocenters. The van der Waals surface area contributed by atoms with Crippen molar-refractivity contribution in [2.75, 3.05) is 25.9 Å². The molecule has 0 spiro atoms. The van der Waals surface area contributed by atoms with Crippen molar-refractivity contribution in [2.45, 2.75) is 45.9 Å². The smallest absolute Gasteiger partial charge is 0.231 e. The van der Waals surface area contributed by atoms with Crippen molar-refractivity contribution in [3.05, 3.63) is 47.0 Å². The van der Waals surface area contributed by atoms with Gasteiger partial charge in [0, 0.05) is 24.2 Å². The minimum absolute atomic E-state index is 0.250. The monoisotopic (exact) mass is 396 g/mol. The van der Waals surface area contributed by atoms with Gasteiger partial charge < -0.3 is 19.6 Å². The van der Waals surface area contributed by atoms with E-state index in [-0.39, 0.29) is 6.10 Å². The van der Waals surface area contributed by atoms with Gasteiger partial charge in [0.2, 0.25) is 5.71 Å². The SMILES string of the molecule is COc1ccccc1COC1CCN(Cc2nc(N)c3c(C)c(C)oc3n2)CC1. The number of aromatic nitrogens is 2. The molecule has 1 aromatic carbocycles. The standard InChI is InChI=1S/C22H28N4O3/c1-14-15(2)29-22-20(14)21(23)24-19(25-22)12-26-10-8-17(9-11-26)28-13-16-6-4-5-7-18(16)27-3/h4-7,17H,8-13H2,1-3H3,(H2,23,24,25). The van der Waals surface area contributed by atoms with Crippen LogP contribution in [0.5, 0.6) is 5.75 Å². The summed E-state index contributed by atoms with van der Waals surface area (Å²) in [5.41, 5.74) is 8.83. The van der Waals surface area contributed by atoms with Gasteiger partial charge in [0.25, 0.3) is 0 Å². The summed E-state index contributed by atoms with van der Waals surface area (Å²) in [5, 5.41) is 0.828. The topological polar surface area (TPSA) is 86.6 Å². The van der Waals surface area contributed by atoms with E-state index in [9.17, 15) is 0 Å². The van der Waals surface area contributed by atoms with Gasteiger partial charge in [0.1, 0.15) is 23.2 Å². The minimum atomic E-state index is 0.250. The van der Waals surface area contributed by atoms with Gasteiger partial charge in [-0.2, -0.15) is 4.98 Å². The van der Waals surface area contributed by atoms with Crippen LogP contribution in [0.2, 0.25) is 0 Å². The number of hydrogen-bond acceptors (Lipinski definition) is 7. The fraction of sp³-hybridized carbons (Fsp3) is 0.455. The zero-order chi connectivity index (χ0) is 20.4. The third-order valence-corrected chi connectivity index (χ3v) is 5.67. The maximum atomic E-state index is 6.16. The number of piperidine rings is 1. The van der Waals surface area contributed by atoms with E-state index in [0.29, 0.717) is 30.5 Å². The third kappa shape index (κ3) is 4.21. The average molecular weight is 396 g/mol. The molecule has 7 nitrogen and oxygen atoms in total. The Morgan fingerprint density at radius 1 is 1.17 bits per heavy atom. The summed E-state index contributed by atoms with van der Waals surface area (Å²) in [7, 11) is 1.69. The molecule has 0 radical (unpaired) electrons. The van der Waals surface area contributed by atoms with Crippen molar-refractivity contribution in [3.63, 3.8) is 0 Å². The second kappa shape index (κ2) is 8.39. The lowest BCUT2D eigenvalue weighted by atomic mass is 10.1. The number of ether oxygens (including phenoxy) is 2. The van der Waals surface area contributed by atoms with Gasteiger partial charge in [-0.15, -0.1) is 0 Å². The van der Waals surface area contributed by atoms with Gasteiger partial charge in [-0.3, -0.25) is 4.90 Å². The molecule has 154 valence electrons. The molecular weight excluding hydrogens is 368 g/mol. The van der Waals surface area contributed by atoms with Crippen LogP contribution in [0.1, 0.15) is 35.6 Å². The first-order chi connectivity index (χ1) is 14.0. The minimum Gasteiger partial charge on any atom is -0.496 e. The van der Waals surface area contributed by atoms with Crippen molar-refractivity contribution in [1.29, 1.82) is 0 Å². The molecule has 0 amide bonds. The van der Waals surface area contributed by atoms with Crippen LogP contribution in [-0.2, 0) is 17.9 Å². The summed E-state index contributed by atoms with van der Waals surface area (Å²) in [5.74, 6) is 2.91. The third-order valence-electron chi connectivity index (χ3n) is 5.67. The molecule has 3 aromatic rings. The van der Waals surface area contributed by atoms with E-state index in [2.05, 4.69) is 14.9 Å². The number of methoxy groups -OCH3 is 1.